The highest BCUT2D eigenvalue weighted by molar-refractivity contribution is 7.91. The van der Waals surface area contributed by atoms with E-state index >= 15 is 0 Å². The van der Waals surface area contributed by atoms with E-state index in [4.69, 9.17) is 11.2 Å². The van der Waals surface area contributed by atoms with Gasteiger partial charge in [0.05, 0.1) is 0 Å². The third-order valence-electron chi connectivity index (χ3n) is 3.23. The van der Waals surface area contributed by atoms with E-state index in [1.54, 1.807) is 9.34 Å². The number of anilines is 2. The van der Waals surface area contributed by atoms with Crippen molar-refractivity contribution in [3.63, 3.8) is 0 Å². The molecule has 0 spiro atoms. The Morgan fingerprint density at radius 3 is 1.53 bits per heavy atom. The maximum atomic E-state index is 12.9. The molecule has 0 amide bonds. The largest absolute Gasteiger partial charge is 0.352 e. The lowest BCUT2D eigenvalue weighted by atomic mass is 10.3. The van der Waals surface area contributed by atoms with Crippen LogP contribution in [0, 0.1) is 0 Å². The van der Waals surface area contributed by atoms with Gasteiger partial charge in [-0.25, -0.2) is 0 Å². The summed E-state index contributed by atoms with van der Waals surface area (Å²) < 4.78 is 16.5. The van der Waals surface area contributed by atoms with Crippen molar-refractivity contribution in [1.29, 1.82) is 0 Å². The van der Waals surface area contributed by atoms with Gasteiger partial charge in [-0.1, -0.05) is 36.4 Å². The van der Waals surface area contributed by atoms with Gasteiger partial charge in [-0.15, -0.1) is 0 Å². The molecule has 0 N–H and O–H groups in total. The Morgan fingerprint density at radius 2 is 1.16 bits per heavy atom. The predicted octanol–water partition coefficient (Wildman–Crippen LogP) is 4.36. The van der Waals surface area contributed by atoms with Gasteiger partial charge >= 0.3 is 6.80 Å². The molecule has 0 aromatic heterocycles. The highest BCUT2D eigenvalue weighted by Gasteiger charge is 2.41. The molecular formula is C14H14ClN2OP. The molecule has 2 aromatic rings. The molecule has 1 aliphatic heterocycles. The van der Waals surface area contributed by atoms with Crippen LogP contribution in [0.25, 0.3) is 0 Å². The van der Waals surface area contributed by atoms with Crippen LogP contribution in [-0.2, 0) is 4.57 Å². The van der Waals surface area contributed by atoms with Crippen LogP contribution < -0.4 is 9.34 Å². The molecule has 0 saturated carbocycles. The van der Waals surface area contributed by atoms with Crippen molar-refractivity contribution in [1.82, 2.24) is 0 Å². The van der Waals surface area contributed by atoms with Crippen LogP contribution in [-0.4, -0.2) is 13.1 Å². The standard InChI is InChI=1S/C14H14ClN2OP/c15-19(18)16(13-7-3-1-4-8-13)11-12-17(19)14-9-5-2-6-10-14/h1-10H,11-12H2. The second-order valence-corrected chi connectivity index (χ2v) is 7.62. The molecule has 98 valence electrons. The number of hydrogen-bond acceptors (Lipinski definition) is 1. The van der Waals surface area contributed by atoms with E-state index in [1.807, 2.05) is 60.7 Å². The zero-order valence-corrected chi connectivity index (χ0v) is 12.0. The lowest BCUT2D eigenvalue weighted by molar-refractivity contribution is 0.584. The van der Waals surface area contributed by atoms with Crippen LogP contribution in [0.15, 0.2) is 60.7 Å². The average Bonchev–Trinajstić information content (AvgIpc) is 2.76. The van der Waals surface area contributed by atoms with Gasteiger partial charge in [0.15, 0.2) is 0 Å². The lowest BCUT2D eigenvalue weighted by Gasteiger charge is -2.27. The van der Waals surface area contributed by atoms with Gasteiger partial charge in [-0.3, -0.25) is 13.9 Å². The molecule has 1 heterocycles. The summed E-state index contributed by atoms with van der Waals surface area (Å²) in [5.74, 6) is 0. The van der Waals surface area contributed by atoms with E-state index in [-0.39, 0.29) is 0 Å². The summed E-state index contributed by atoms with van der Waals surface area (Å²) in [7, 11) is 0. The fourth-order valence-electron chi connectivity index (χ4n) is 2.31. The van der Waals surface area contributed by atoms with Gasteiger partial charge < -0.3 is 0 Å². The van der Waals surface area contributed by atoms with Crippen LogP contribution in [0.2, 0.25) is 0 Å². The summed E-state index contributed by atoms with van der Waals surface area (Å²) in [5.41, 5.74) is 1.80. The third-order valence-corrected chi connectivity index (χ3v) is 6.38. The fourth-order valence-corrected chi connectivity index (χ4v) is 5.06. The molecule has 0 atom stereocenters. The second kappa shape index (κ2) is 4.92. The van der Waals surface area contributed by atoms with E-state index < -0.39 is 6.80 Å². The van der Waals surface area contributed by atoms with E-state index in [0.717, 1.165) is 11.4 Å². The van der Waals surface area contributed by atoms with Crippen LogP contribution >= 0.6 is 18.0 Å². The van der Waals surface area contributed by atoms with Crippen molar-refractivity contribution in [2.45, 2.75) is 0 Å². The molecule has 2 aromatic carbocycles. The van der Waals surface area contributed by atoms with E-state index in [0.29, 0.717) is 13.1 Å². The molecule has 0 aliphatic carbocycles. The van der Waals surface area contributed by atoms with Crippen molar-refractivity contribution in [2.24, 2.45) is 0 Å². The lowest BCUT2D eigenvalue weighted by Crippen LogP contribution is -2.14. The van der Waals surface area contributed by atoms with Crippen molar-refractivity contribution in [3.8, 4) is 0 Å². The summed E-state index contributed by atoms with van der Waals surface area (Å²) >= 11 is 6.38. The van der Waals surface area contributed by atoms with Gasteiger partial charge in [0, 0.05) is 24.5 Å². The molecule has 3 nitrogen and oxygen atoms in total. The summed E-state index contributed by atoms with van der Waals surface area (Å²) in [4.78, 5) is 0. The van der Waals surface area contributed by atoms with Crippen molar-refractivity contribution >= 4 is 29.4 Å². The predicted molar refractivity (Wildman–Crippen MR) is 81.0 cm³/mol. The Morgan fingerprint density at radius 1 is 0.789 bits per heavy atom. The Bertz CT molecular complexity index is 554. The summed E-state index contributed by atoms with van der Waals surface area (Å²) in [5, 5.41) is 0. The Hall–Kier alpha value is -1.44. The number of hydrogen-bond donors (Lipinski definition) is 0. The van der Waals surface area contributed by atoms with E-state index in [9.17, 15) is 4.57 Å². The summed E-state index contributed by atoms with van der Waals surface area (Å²) in [6, 6.07) is 19.3. The summed E-state index contributed by atoms with van der Waals surface area (Å²) in [6.45, 7) is -1.74. The fraction of sp³-hybridized carbons (Fsp3) is 0.143. The molecule has 19 heavy (non-hydrogen) atoms. The van der Waals surface area contributed by atoms with Gasteiger partial charge in [-0.2, -0.15) is 0 Å². The van der Waals surface area contributed by atoms with Crippen LogP contribution in [0.4, 0.5) is 11.4 Å². The van der Waals surface area contributed by atoms with E-state index in [2.05, 4.69) is 0 Å². The van der Waals surface area contributed by atoms with Gasteiger partial charge in [0.25, 0.3) is 0 Å². The zero-order chi connectivity index (χ0) is 13.3. The SMILES string of the molecule is O=P1(Cl)N(c2ccccc2)CCN1c1ccccc1. The quantitative estimate of drug-likeness (QED) is 0.768. The first kappa shape index (κ1) is 12.6. The van der Waals surface area contributed by atoms with Gasteiger partial charge in [0.2, 0.25) is 0 Å². The molecule has 1 saturated heterocycles. The highest BCUT2D eigenvalue weighted by Crippen LogP contribution is 2.63. The Kier molecular flexibility index (Phi) is 3.26. The molecule has 3 rings (SSSR count). The minimum Gasteiger partial charge on any atom is -0.293 e. The Labute approximate surface area is 117 Å². The van der Waals surface area contributed by atoms with Crippen molar-refractivity contribution in [3.05, 3.63) is 60.7 Å². The molecule has 0 radical (unpaired) electrons. The van der Waals surface area contributed by atoms with Crippen LogP contribution in [0.3, 0.4) is 0 Å². The molecular weight excluding hydrogens is 279 g/mol. The monoisotopic (exact) mass is 292 g/mol. The number of nitrogens with zero attached hydrogens (tertiary/aromatic N) is 2. The number of rotatable bonds is 2. The maximum Gasteiger partial charge on any atom is 0.352 e. The molecule has 1 fully saturated rings. The minimum absolute atomic E-state index is 0.666. The first-order chi connectivity index (χ1) is 9.19. The molecule has 5 heteroatoms. The molecule has 0 bridgehead atoms. The zero-order valence-electron chi connectivity index (χ0n) is 10.3. The highest BCUT2D eigenvalue weighted by atomic mass is 35.7. The number of benzene rings is 2. The van der Waals surface area contributed by atoms with Crippen LogP contribution in [0.1, 0.15) is 0 Å². The van der Waals surface area contributed by atoms with Gasteiger partial charge in [-0.05, 0) is 35.5 Å². The Balaban J connectivity index is 1.95. The second-order valence-electron chi connectivity index (χ2n) is 4.39. The van der Waals surface area contributed by atoms with Crippen LogP contribution in [0.5, 0.6) is 0 Å². The minimum atomic E-state index is -3.07. The number of para-hydroxylation sites is 2. The third kappa shape index (κ3) is 2.24. The summed E-state index contributed by atoms with van der Waals surface area (Å²) in [6.07, 6.45) is 0. The van der Waals surface area contributed by atoms with Crippen molar-refractivity contribution < 1.29 is 4.57 Å². The maximum absolute atomic E-state index is 12.9. The average molecular weight is 293 g/mol. The number of halogens is 1. The topological polar surface area (TPSA) is 23.6 Å². The van der Waals surface area contributed by atoms with Crippen molar-refractivity contribution in [2.75, 3.05) is 22.4 Å². The van der Waals surface area contributed by atoms with Gasteiger partial charge in [0.1, 0.15) is 0 Å². The first-order valence-corrected chi connectivity index (χ1v) is 8.67. The first-order valence-electron chi connectivity index (χ1n) is 6.15. The smallest absolute Gasteiger partial charge is 0.293 e. The molecule has 0 unspecified atom stereocenters. The van der Waals surface area contributed by atoms with E-state index in [1.165, 1.54) is 0 Å². The normalized spacial score (nSPS) is 17.7. The molecule has 1 aliphatic rings.